The van der Waals surface area contributed by atoms with Gasteiger partial charge in [-0.2, -0.15) is 0 Å². The summed E-state index contributed by atoms with van der Waals surface area (Å²) in [7, 11) is -3.72. The summed E-state index contributed by atoms with van der Waals surface area (Å²) in [5, 5.41) is 5.86. The van der Waals surface area contributed by atoms with Crippen LogP contribution in [0.2, 0.25) is 5.02 Å². The summed E-state index contributed by atoms with van der Waals surface area (Å²) in [6.45, 7) is 0.368. The molecule has 2 amide bonds. The van der Waals surface area contributed by atoms with Crippen molar-refractivity contribution >= 4 is 39.0 Å². The van der Waals surface area contributed by atoms with Gasteiger partial charge >= 0.3 is 6.03 Å². The Hall–Kier alpha value is -3.10. The lowest BCUT2D eigenvalue weighted by atomic mass is 10.3. The van der Waals surface area contributed by atoms with E-state index >= 15 is 0 Å². The van der Waals surface area contributed by atoms with Gasteiger partial charge in [0.15, 0.2) is 0 Å². The number of nitrogens with zero attached hydrogens (tertiary/aromatic N) is 1. The van der Waals surface area contributed by atoms with Gasteiger partial charge in [-0.25, -0.2) is 13.2 Å². The van der Waals surface area contributed by atoms with Crippen LogP contribution in [0.4, 0.5) is 16.2 Å². The highest BCUT2D eigenvalue weighted by molar-refractivity contribution is 7.92. The molecule has 7 nitrogen and oxygen atoms in total. The third-order valence-corrected chi connectivity index (χ3v) is 5.37. The van der Waals surface area contributed by atoms with E-state index in [-0.39, 0.29) is 10.9 Å². The van der Waals surface area contributed by atoms with Crippen LogP contribution in [0.1, 0.15) is 5.56 Å². The maximum atomic E-state index is 12.4. The minimum absolute atomic E-state index is 0.106. The van der Waals surface area contributed by atoms with E-state index < -0.39 is 10.0 Å². The summed E-state index contributed by atoms with van der Waals surface area (Å²) in [5.41, 5.74) is 1.83. The minimum atomic E-state index is -3.72. The molecule has 9 heteroatoms. The molecule has 0 saturated heterocycles. The van der Waals surface area contributed by atoms with Crippen molar-refractivity contribution in [1.82, 2.24) is 10.3 Å². The second kappa shape index (κ2) is 8.73. The minimum Gasteiger partial charge on any atom is -0.334 e. The average Bonchev–Trinajstić information content (AvgIpc) is 2.69. The Morgan fingerprint density at radius 1 is 0.893 bits per heavy atom. The van der Waals surface area contributed by atoms with E-state index in [1.165, 1.54) is 24.3 Å². The number of amides is 2. The summed E-state index contributed by atoms with van der Waals surface area (Å²) >= 11 is 5.78. The zero-order chi connectivity index (χ0) is 20.0. The van der Waals surface area contributed by atoms with Gasteiger partial charge in [0, 0.05) is 35.3 Å². The second-order valence-corrected chi connectivity index (χ2v) is 7.92. The van der Waals surface area contributed by atoms with Gasteiger partial charge < -0.3 is 10.6 Å². The highest BCUT2D eigenvalue weighted by Crippen LogP contribution is 2.20. The smallest absolute Gasteiger partial charge is 0.319 e. The zero-order valence-corrected chi connectivity index (χ0v) is 16.2. The SMILES string of the molecule is O=C(NCc1ccncc1)Nc1ccc(NS(=O)(=O)c2ccc(Cl)cc2)cc1. The highest BCUT2D eigenvalue weighted by atomic mass is 35.5. The molecular weight excluding hydrogens is 400 g/mol. The van der Waals surface area contributed by atoms with Gasteiger partial charge in [-0.1, -0.05) is 11.6 Å². The number of sulfonamides is 1. The van der Waals surface area contributed by atoms with Crippen molar-refractivity contribution in [2.75, 3.05) is 10.0 Å². The first-order valence-corrected chi connectivity index (χ1v) is 10.1. The second-order valence-electron chi connectivity index (χ2n) is 5.80. The predicted molar refractivity (Wildman–Crippen MR) is 109 cm³/mol. The Balaban J connectivity index is 1.57. The normalized spacial score (nSPS) is 10.9. The fraction of sp³-hybridized carbons (Fsp3) is 0.0526. The number of hydrogen-bond acceptors (Lipinski definition) is 4. The number of aromatic nitrogens is 1. The summed E-state index contributed by atoms with van der Waals surface area (Å²) in [6, 6.07) is 15.4. The zero-order valence-electron chi connectivity index (χ0n) is 14.6. The number of urea groups is 1. The van der Waals surface area contributed by atoms with Gasteiger partial charge in [0.2, 0.25) is 0 Å². The van der Waals surface area contributed by atoms with Gasteiger partial charge in [0.05, 0.1) is 4.90 Å². The molecule has 1 aromatic heterocycles. The largest absolute Gasteiger partial charge is 0.334 e. The third-order valence-electron chi connectivity index (χ3n) is 3.72. The molecule has 3 rings (SSSR count). The number of hydrogen-bond donors (Lipinski definition) is 3. The number of anilines is 2. The topological polar surface area (TPSA) is 100 Å². The Labute approximate surface area is 167 Å². The van der Waals surface area contributed by atoms with Crippen LogP contribution in [-0.4, -0.2) is 19.4 Å². The van der Waals surface area contributed by atoms with E-state index in [0.29, 0.717) is 22.9 Å². The van der Waals surface area contributed by atoms with Crippen LogP contribution >= 0.6 is 11.6 Å². The van der Waals surface area contributed by atoms with E-state index in [1.54, 1.807) is 36.7 Å². The highest BCUT2D eigenvalue weighted by Gasteiger charge is 2.14. The molecule has 28 heavy (non-hydrogen) atoms. The molecule has 3 aromatic rings. The summed E-state index contributed by atoms with van der Waals surface area (Å²) in [6.07, 6.45) is 3.30. The lowest BCUT2D eigenvalue weighted by molar-refractivity contribution is 0.251. The summed E-state index contributed by atoms with van der Waals surface area (Å²) < 4.78 is 27.2. The Morgan fingerprint density at radius 3 is 2.14 bits per heavy atom. The van der Waals surface area contributed by atoms with E-state index in [4.69, 9.17) is 11.6 Å². The van der Waals surface area contributed by atoms with Crippen molar-refractivity contribution in [3.63, 3.8) is 0 Å². The van der Waals surface area contributed by atoms with Crippen LogP contribution in [0, 0.1) is 0 Å². The van der Waals surface area contributed by atoms with Crippen LogP contribution in [-0.2, 0) is 16.6 Å². The number of benzene rings is 2. The molecule has 0 bridgehead atoms. The van der Waals surface area contributed by atoms with Crippen LogP contribution in [0.5, 0.6) is 0 Å². The maximum Gasteiger partial charge on any atom is 0.319 e. The number of carbonyl (C=O) groups excluding carboxylic acids is 1. The van der Waals surface area contributed by atoms with Crippen LogP contribution in [0.25, 0.3) is 0 Å². The first-order chi connectivity index (χ1) is 13.4. The monoisotopic (exact) mass is 416 g/mol. The molecule has 0 aliphatic heterocycles. The predicted octanol–water partition coefficient (Wildman–Crippen LogP) is 3.86. The number of rotatable bonds is 6. The molecule has 0 fully saturated rings. The van der Waals surface area contributed by atoms with Crippen molar-refractivity contribution in [1.29, 1.82) is 0 Å². The average molecular weight is 417 g/mol. The molecule has 3 N–H and O–H groups in total. The van der Waals surface area contributed by atoms with Crippen LogP contribution in [0.3, 0.4) is 0 Å². The fourth-order valence-electron chi connectivity index (χ4n) is 2.31. The first-order valence-electron chi connectivity index (χ1n) is 8.24. The van der Waals surface area contributed by atoms with Crippen LogP contribution < -0.4 is 15.4 Å². The lowest BCUT2D eigenvalue weighted by Crippen LogP contribution is -2.28. The van der Waals surface area contributed by atoms with Crippen molar-refractivity contribution < 1.29 is 13.2 Å². The lowest BCUT2D eigenvalue weighted by Gasteiger charge is -2.10. The van der Waals surface area contributed by atoms with Crippen molar-refractivity contribution in [2.24, 2.45) is 0 Å². The number of pyridine rings is 1. The molecule has 0 unspecified atom stereocenters. The molecule has 1 heterocycles. The molecule has 2 aromatic carbocycles. The van der Waals surface area contributed by atoms with Gasteiger partial charge in [0.25, 0.3) is 10.0 Å². The molecule has 0 aliphatic carbocycles. The maximum absolute atomic E-state index is 12.4. The van der Waals surface area contributed by atoms with Crippen molar-refractivity contribution in [3.8, 4) is 0 Å². The quantitative estimate of drug-likeness (QED) is 0.568. The number of nitrogens with one attached hydrogen (secondary N) is 3. The Kier molecular flexibility index (Phi) is 6.13. The summed E-state index contributed by atoms with van der Waals surface area (Å²) in [4.78, 5) is 16.0. The fourth-order valence-corrected chi connectivity index (χ4v) is 3.49. The molecule has 0 radical (unpaired) electrons. The molecule has 0 spiro atoms. The van der Waals surface area contributed by atoms with E-state index in [9.17, 15) is 13.2 Å². The third kappa shape index (κ3) is 5.45. The standard InChI is InChI=1S/C19H17ClN4O3S/c20-15-1-7-18(8-2-15)28(26,27)24-17-5-3-16(4-6-17)23-19(25)22-13-14-9-11-21-12-10-14/h1-12,24H,13H2,(H2,22,23,25). The Morgan fingerprint density at radius 2 is 1.50 bits per heavy atom. The molecule has 0 aliphatic rings. The molecule has 144 valence electrons. The Bertz CT molecular complexity index is 1040. The van der Waals surface area contributed by atoms with Gasteiger partial charge in [0.1, 0.15) is 0 Å². The van der Waals surface area contributed by atoms with Gasteiger partial charge in [-0.15, -0.1) is 0 Å². The van der Waals surface area contributed by atoms with Crippen molar-refractivity contribution in [2.45, 2.75) is 11.4 Å². The van der Waals surface area contributed by atoms with Crippen molar-refractivity contribution in [3.05, 3.63) is 83.6 Å². The molecular formula is C19H17ClN4O3S. The van der Waals surface area contributed by atoms with E-state index in [0.717, 1.165) is 5.56 Å². The van der Waals surface area contributed by atoms with E-state index in [2.05, 4.69) is 20.3 Å². The molecule has 0 saturated carbocycles. The van der Waals surface area contributed by atoms with E-state index in [1.807, 2.05) is 12.1 Å². The van der Waals surface area contributed by atoms with Gasteiger partial charge in [-0.3, -0.25) is 9.71 Å². The number of carbonyl (C=O) groups is 1. The first kappa shape index (κ1) is 19.7. The van der Waals surface area contributed by atoms with Gasteiger partial charge in [-0.05, 0) is 66.2 Å². The number of halogens is 1. The summed E-state index contributed by atoms with van der Waals surface area (Å²) in [5.74, 6) is 0. The molecule has 0 atom stereocenters. The van der Waals surface area contributed by atoms with Crippen LogP contribution in [0.15, 0.2) is 78.0 Å².